The number of aryl methyl sites for hydroxylation is 1. The highest BCUT2D eigenvalue weighted by Crippen LogP contribution is 2.44. The van der Waals surface area contributed by atoms with Gasteiger partial charge in [-0.2, -0.15) is 0 Å². The van der Waals surface area contributed by atoms with Crippen LogP contribution in [0.25, 0.3) is 11.1 Å². The van der Waals surface area contributed by atoms with E-state index in [0.717, 1.165) is 22.4 Å². The Morgan fingerprint density at radius 3 is 2.60 bits per heavy atom. The zero-order valence-corrected chi connectivity index (χ0v) is 14.6. The highest BCUT2D eigenvalue weighted by molar-refractivity contribution is 8.00. The Bertz CT molecular complexity index is 896. The second kappa shape index (κ2) is 6.69. The summed E-state index contributed by atoms with van der Waals surface area (Å²) in [5, 5.41) is -0.0956. The van der Waals surface area contributed by atoms with Crippen molar-refractivity contribution in [2.24, 2.45) is 0 Å². The Balaban J connectivity index is 1.79. The third-order valence-corrected chi connectivity index (χ3v) is 5.47. The minimum Gasteiger partial charge on any atom is -0.293 e. The molecule has 3 aromatic rings. The topological polar surface area (TPSA) is 46.1 Å². The van der Waals surface area contributed by atoms with Gasteiger partial charge in [0.15, 0.2) is 0 Å². The number of carbonyl (C=O) groups excluding carboxylic acids is 1. The molecule has 1 aromatic carbocycles. The Hall–Kier alpha value is -2.66. The highest BCUT2D eigenvalue weighted by Gasteiger charge is 2.35. The molecule has 1 atom stereocenters. The van der Waals surface area contributed by atoms with E-state index in [0.29, 0.717) is 5.75 Å². The smallest absolute Gasteiger partial charge is 0.238 e. The molecule has 1 amide bonds. The third-order valence-electron chi connectivity index (χ3n) is 4.27. The predicted octanol–water partition coefficient (Wildman–Crippen LogP) is 4.23. The maximum absolute atomic E-state index is 12.5. The van der Waals surface area contributed by atoms with E-state index in [2.05, 4.69) is 41.2 Å². The SMILES string of the molecule is Cc1ccc(-c2ccncc2C2SCC(=O)N2c2cccnc2)cc1. The fourth-order valence-electron chi connectivity index (χ4n) is 3.03. The molecule has 25 heavy (non-hydrogen) atoms. The van der Waals surface area contributed by atoms with Crippen LogP contribution in [-0.2, 0) is 4.79 Å². The fraction of sp³-hybridized carbons (Fsp3) is 0.150. The van der Waals surface area contributed by atoms with Crippen molar-refractivity contribution >= 4 is 23.4 Å². The number of benzene rings is 1. The molecule has 1 fully saturated rings. The number of aromatic nitrogens is 2. The standard InChI is InChI=1S/C20H17N3OS/c1-14-4-6-15(7-5-14)17-8-10-22-12-18(17)20-23(19(24)13-25-20)16-3-2-9-21-11-16/h2-12,20H,13H2,1H3. The van der Waals surface area contributed by atoms with Gasteiger partial charge in [0.05, 0.1) is 17.6 Å². The predicted molar refractivity (Wildman–Crippen MR) is 101 cm³/mol. The van der Waals surface area contributed by atoms with Crippen LogP contribution in [0.15, 0.2) is 67.3 Å². The van der Waals surface area contributed by atoms with Gasteiger partial charge < -0.3 is 0 Å². The molecule has 2 aromatic heterocycles. The van der Waals surface area contributed by atoms with Crippen molar-refractivity contribution in [1.82, 2.24) is 9.97 Å². The van der Waals surface area contributed by atoms with E-state index < -0.39 is 0 Å². The second-order valence-electron chi connectivity index (χ2n) is 5.97. The number of thioether (sulfide) groups is 1. The number of nitrogens with zero attached hydrogens (tertiary/aromatic N) is 3. The van der Waals surface area contributed by atoms with E-state index in [-0.39, 0.29) is 11.3 Å². The summed E-state index contributed by atoms with van der Waals surface area (Å²) in [7, 11) is 0. The quantitative estimate of drug-likeness (QED) is 0.711. The van der Waals surface area contributed by atoms with Crippen LogP contribution in [0.5, 0.6) is 0 Å². The molecule has 1 aliphatic heterocycles. The van der Waals surface area contributed by atoms with Crippen LogP contribution >= 0.6 is 11.8 Å². The first-order valence-corrected chi connectivity index (χ1v) is 9.13. The molecular formula is C20H17N3OS. The molecule has 4 rings (SSSR count). The normalized spacial score (nSPS) is 17.1. The monoisotopic (exact) mass is 347 g/mol. The lowest BCUT2D eigenvalue weighted by atomic mass is 10.00. The van der Waals surface area contributed by atoms with Gasteiger partial charge in [0.25, 0.3) is 0 Å². The zero-order chi connectivity index (χ0) is 17.2. The van der Waals surface area contributed by atoms with Gasteiger partial charge >= 0.3 is 0 Å². The molecule has 3 heterocycles. The van der Waals surface area contributed by atoms with Crippen molar-refractivity contribution in [3.63, 3.8) is 0 Å². The summed E-state index contributed by atoms with van der Waals surface area (Å²) in [6.07, 6.45) is 7.12. The van der Waals surface area contributed by atoms with Crippen molar-refractivity contribution < 1.29 is 4.79 Å². The lowest BCUT2D eigenvalue weighted by Gasteiger charge is -2.25. The van der Waals surface area contributed by atoms with Gasteiger partial charge in [-0.25, -0.2) is 0 Å². The minimum absolute atomic E-state index is 0.0956. The van der Waals surface area contributed by atoms with E-state index in [1.54, 1.807) is 30.4 Å². The highest BCUT2D eigenvalue weighted by atomic mass is 32.2. The van der Waals surface area contributed by atoms with Crippen LogP contribution in [0, 0.1) is 6.92 Å². The Morgan fingerprint density at radius 2 is 1.84 bits per heavy atom. The van der Waals surface area contributed by atoms with Gasteiger partial charge in [-0.15, -0.1) is 11.8 Å². The van der Waals surface area contributed by atoms with E-state index in [9.17, 15) is 4.79 Å². The van der Waals surface area contributed by atoms with Crippen molar-refractivity contribution in [2.75, 3.05) is 10.7 Å². The first-order chi connectivity index (χ1) is 12.2. The number of amides is 1. The summed E-state index contributed by atoms with van der Waals surface area (Å²) in [6, 6.07) is 14.2. The number of hydrogen-bond acceptors (Lipinski definition) is 4. The fourth-order valence-corrected chi connectivity index (χ4v) is 4.22. The summed E-state index contributed by atoms with van der Waals surface area (Å²) < 4.78 is 0. The molecule has 124 valence electrons. The van der Waals surface area contributed by atoms with Crippen LogP contribution in [0.2, 0.25) is 0 Å². The van der Waals surface area contributed by atoms with Gasteiger partial charge in [0.1, 0.15) is 5.37 Å². The molecule has 0 N–H and O–H groups in total. The molecule has 0 aliphatic carbocycles. The Morgan fingerprint density at radius 1 is 1.04 bits per heavy atom. The maximum atomic E-state index is 12.5. The second-order valence-corrected chi connectivity index (χ2v) is 7.04. The lowest BCUT2D eigenvalue weighted by molar-refractivity contribution is -0.115. The molecule has 4 nitrogen and oxygen atoms in total. The van der Waals surface area contributed by atoms with Gasteiger partial charge in [-0.05, 0) is 36.2 Å². The number of anilines is 1. The van der Waals surface area contributed by atoms with E-state index >= 15 is 0 Å². The summed E-state index contributed by atoms with van der Waals surface area (Å²) in [5.74, 6) is 0.559. The van der Waals surface area contributed by atoms with Crippen molar-refractivity contribution in [1.29, 1.82) is 0 Å². The van der Waals surface area contributed by atoms with Crippen molar-refractivity contribution in [3.05, 3.63) is 78.4 Å². The van der Waals surface area contributed by atoms with E-state index in [4.69, 9.17) is 0 Å². The molecule has 0 saturated carbocycles. The van der Waals surface area contributed by atoms with Gasteiger partial charge in [-0.3, -0.25) is 19.7 Å². The summed E-state index contributed by atoms with van der Waals surface area (Å²) >= 11 is 1.63. The summed E-state index contributed by atoms with van der Waals surface area (Å²) in [4.78, 5) is 22.8. The van der Waals surface area contributed by atoms with Crippen LogP contribution in [0.4, 0.5) is 5.69 Å². The van der Waals surface area contributed by atoms with E-state index in [1.807, 2.05) is 29.3 Å². The van der Waals surface area contributed by atoms with Crippen LogP contribution in [-0.4, -0.2) is 21.6 Å². The largest absolute Gasteiger partial charge is 0.293 e. The average Bonchev–Trinajstić information content (AvgIpc) is 3.04. The van der Waals surface area contributed by atoms with Crippen molar-refractivity contribution in [2.45, 2.75) is 12.3 Å². The average molecular weight is 347 g/mol. The zero-order valence-electron chi connectivity index (χ0n) is 13.8. The maximum Gasteiger partial charge on any atom is 0.238 e. The lowest BCUT2D eigenvalue weighted by Crippen LogP contribution is -2.28. The third kappa shape index (κ3) is 3.03. The van der Waals surface area contributed by atoms with E-state index in [1.165, 1.54) is 5.56 Å². The molecule has 0 radical (unpaired) electrons. The summed E-state index contributed by atoms with van der Waals surface area (Å²) in [6.45, 7) is 2.08. The molecule has 1 unspecified atom stereocenters. The molecule has 0 spiro atoms. The molecule has 1 aliphatic rings. The molecule has 1 saturated heterocycles. The first-order valence-electron chi connectivity index (χ1n) is 8.09. The van der Waals surface area contributed by atoms with Crippen molar-refractivity contribution in [3.8, 4) is 11.1 Å². The molecular weight excluding hydrogens is 330 g/mol. The van der Waals surface area contributed by atoms with Crippen LogP contribution in [0.1, 0.15) is 16.5 Å². The Kier molecular flexibility index (Phi) is 4.24. The number of pyridine rings is 2. The molecule has 5 heteroatoms. The Labute approximate surface area is 150 Å². The van der Waals surface area contributed by atoms with Gasteiger partial charge in [0.2, 0.25) is 5.91 Å². The number of carbonyl (C=O) groups is 1. The molecule has 0 bridgehead atoms. The van der Waals surface area contributed by atoms with Crippen LogP contribution in [0.3, 0.4) is 0 Å². The van der Waals surface area contributed by atoms with Gasteiger partial charge in [-0.1, -0.05) is 29.8 Å². The number of rotatable bonds is 3. The van der Waals surface area contributed by atoms with Gasteiger partial charge in [0, 0.05) is 24.2 Å². The van der Waals surface area contributed by atoms with Crippen LogP contribution < -0.4 is 4.90 Å². The minimum atomic E-state index is -0.0956. The number of hydrogen-bond donors (Lipinski definition) is 0. The first kappa shape index (κ1) is 15.8. The summed E-state index contributed by atoms with van der Waals surface area (Å²) in [5.41, 5.74) is 5.33.